The number of hydrogen-bond donors (Lipinski definition) is 1. The molecule has 0 spiro atoms. The second-order valence-electron chi connectivity index (χ2n) is 4.09. The van der Waals surface area contributed by atoms with E-state index in [2.05, 4.69) is 39.9 Å². The zero-order chi connectivity index (χ0) is 13.3. The van der Waals surface area contributed by atoms with Crippen LogP contribution in [0.4, 0.5) is 0 Å². The second-order valence-corrected chi connectivity index (χ2v) is 5.85. The quantitative estimate of drug-likeness (QED) is 0.599. The van der Waals surface area contributed by atoms with E-state index in [9.17, 15) is 0 Å². The molecule has 2 rings (SSSR count). The summed E-state index contributed by atoms with van der Waals surface area (Å²) in [4.78, 5) is 5.59. The SMILES string of the molecule is COCCNCc1cccc(SCc2cscn2)c1. The van der Waals surface area contributed by atoms with E-state index >= 15 is 0 Å². The highest BCUT2D eigenvalue weighted by Gasteiger charge is 1.99. The van der Waals surface area contributed by atoms with Gasteiger partial charge in [0.05, 0.1) is 17.8 Å². The third kappa shape index (κ3) is 5.32. The third-order valence-corrected chi connectivity index (χ3v) is 4.24. The predicted octanol–water partition coefficient (Wildman–Crippen LogP) is 3.17. The van der Waals surface area contributed by atoms with Crippen LogP contribution in [0.3, 0.4) is 0 Å². The molecule has 1 N–H and O–H groups in total. The average molecular weight is 294 g/mol. The lowest BCUT2D eigenvalue weighted by Gasteiger charge is -2.06. The Hall–Kier alpha value is -0.880. The Morgan fingerprint density at radius 2 is 2.37 bits per heavy atom. The molecule has 0 bridgehead atoms. The summed E-state index contributed by atoms with van der Waals surface area (Å²) in [5.41, 5.74) is 4.34. The van der Waals surface area contributed by atoms with Crippen molar-refractivity contribution in [2.75, 3.05) is 20.3 Å². The van der Waals surface area contributed by atoms with E-state index in [0.29, 0.717) is 0 Å². The summed E-state index contributed by atoms with van der Waals surface area (Å²) in [6.45, 7) is 2.51. The number of benzene rings is 1. The Kier molecular flexibility index (Phi) is 6.36. The third-order valence-electron chi connectivity index (χ3n) is 2.58. The predicted molar refractivity (Wildman–Crippen MR) is 81.7 cm³/mol. The summed E-state index contributed by atoms with van der Waals surface area (Å²) in [6, 6.07) is 8.63. The lowest BCUT2D eigenvalue weighted by atomic mass is 10.2. The fourth-order valence-corrected chi connectivity index (χ4v) is 3.16. The number of thioether (sulfide) groups is 1. The Morgan fingerprint density at radius 1 is 1.42 bits per heavy atom. The molecule has 0 fully saturated rings. The summed E-state index contributed by atoms with van der Waals surface area (Å²) in [5, 5.41) is 5.45. The van der Waals surface area contributed by atoms with Crippen LogP contribution in [0.25, 0.3) is 0 Å². The van der Waals surface area contributed by atoms with Gasteiger partial charge in [-0.25, -0.2) is 4.98 Å². The molecule has 5 heteroatoms. The molecule has 0 atom stereocenters. The zero-order valence-electron chi connectivity index (χ0n) is 11.0. The maximum Gasteiger partial charge on any atom is 0.0795 e. The second kappa shape index (κ2) is 8.32. The molecule has 0 aliphatic rings. The largest absolute Gasteiger partial charge is 0.383 e. The van der Waals surface area contributed by atoms with Crippen molar-refractivity contribution in [2.24, 2.45) is 0 Å². The molecule has 1 aromatic heterocycles. The van der Waals surface area contributed by atoms with Gasteiger partial charge in [0.2, 0.25) is 0 Å². The van der Waals surface area contributed by atoms with E-state index in [-0.39, 0.29) is 0 Å². The van der Waals surface area contributed by atoms with Gasteiger partial charge in [-0.1, -0.05) is 12.1 Å². The highest BCUT2D eigenvalue weighted by atomic mass is 32.2. The van der Waals surface area contributed by atoms with Crippen molar-refractivity contribution in [2.45, 2.75) is 17.2 Å². The van der Waals surface area contributed by atoms with E-state index in [1.807, 2.05) is 17.3 Å². The van der Waals surface area contributed by atoms with E-state index in [4.69, 9.17) is 4.74 Å². The Labute approximate surface area is 122 Å². The zero-order valence-corrected chi connectivity index (χ0v) is 12.6. The molecule has 1 heterocycles. The van der Waals surface area contributed by atoms with Gasteiger partial charge in [-0.3, -0.25) is 0 Å². The van der Waals surface area contributed by atoms with Crippen LogP contribution in [-0.2, 0) is 17.0 Å². The summed E-state index contributed by atoms with van der Waals surface area (Å²) in [7, 11) is 1.72. The van der Waals surface area contributed by atoms with Crippen molar-refractivity contribution in [3.8, 4) is 0 Å². The molecular weight excluding hydrogens is 276 g/mol. The minimum Gasteiger partial charge on any atom is -0.383 e. The van der Waals surface area contributed by atoms with Crippen molar-refractivity contribution in [3.63, 3.8) is 0 Å². The molecule has 0 radical (unpaired) electrons. The van der Waals surface area contributed by atoms with Crippen LogP contribution in [0.15, 0.2) is 40.1 Å². The van der Waals surface area contributed by atoms with Gasteiger partial charge >= 0.3 is 0 Å². The van der Waals surface area contributed by atoms with Crippen LogP contribution in [0, 0.1) is 0 Å². The summed E-state index contributed by atoms with van der Waals surface area (Å²) in [6.07, 6.45) is 0. The monoisotopic (exact) mass is 294 g/mol. The van der Waals surface area contributed by atoms with Crippen molar-refractivity contribution >= 4 is 23.1 Å². The fraction of sp³-hybridized carbons (Fsp3) is 0.357. The number of nitrogens with one attached hydrogen (secondary N) is 1. The smallest absolute Gasteiger partial charge is 0.0795 e. The van der Waals surface area contributed by atoms with Gasteiger partial charge in [-0.15, -0.1) is 23.1 Å². The fourth-order valence-electron chi connectivity index (χ4n) is 1.62. The molecule has 1 aromatic carbocycles. The normalized spacial score (nSPS) is 10.8. The summed E-state index contributed by atoms with van der Waals surface area (Å²) in [5.74, 6) is 0.935. The molecule has 0 saturated carbocycles. The van der Waals surface area contributed by atoms with Gasteiger partial charge < -0.3 is 10.1 Å². The highest BCUT2D eigenvalue weighted by Crippen LogP contribution is 2.23. The van der Waals surface area contributed by atoms with Crippen molar-refractivity contribution in [1.29, 1.82) is 0 Å². The number of methoxy groups -OCH3 is 1. The van der Waals surface area contributed by atoms with Crippen LogP contribution in [0.1, 0.15) is 11.3 Å². The van der Waals surface area contributed by atoms with E-state index in [0.717, 1.165) is 31.1 Å². The average Bonchev–Trinajstić information content (AvgIpc) is 2.95. The first-order chi connectivity index (χ1) is 9.38. The van der Waals surface area contributed by atoms with Gasteiger partial charge in [-0.05, 0) is 17.7 Å². The van der Waals surface area contributed by atoms with E-state index in [1.54, 1.807) is 18.4 Å². The molecule has 0 aliphatic heterocycles. The lowest BCUT2D eigenvalue weighted by molar-refractivity contribution is 0.199. The summed E-state index contributed by atoms with van der Waals surface area (Å²) < 4.78 is 5.01. The van der Waals surface area contributed by atoms with Gasteiger partial charge in [-0.2, -0.15) is 0 Å². The minimum absolute atomic E-state index is 0.748. The maximum atomic E-state index is 5.01. The first-order valence-electron chi connectivity index (χ1n) is 6.17. The molecule has 0 unspecified atom stereocenters. The molecule has 19 heavy (non-hydrogen) atoms. The van der Waals surface area contributed by atoms with Gasteiger partial charge in [0.25, 0.3) is 0 Å². The Morgan fingerprint density at radius 3 is 3.16 bits per heavy atom. The standard InChI is InChI=1S/C14H18N2OS2/c1-17-6-5-15-8-12-3-2-4-14(7-12)19-10-13-9-18-11-16-13/h2-4,7,9,11,15H,5-6,8,10H2,1H3. The molecule has 0 saturated heterocycles. The molecule has 0 amide bonds. The highest BCUT2D eigenvalue weighted by molar-refractivity contribution is 7.98. The lowest BCUT2D eigenvalue weighted by Crippen LogP contribution is -2.18. The molecule has 3 nitrogen and oxygen atoms in total. The topological polar surface area (TPSA) is 34.1 Å². The first-order valence-corrected chi connectivity index (χ1v) is 8.10. The van der Waals surface area contributed by atoms with Gasteiger partial charge in [0, 0.05) is 36.2 Å². The number of ether oxygens (including phenoxy) is 1. The minimum atomic E-state index is 0.748. The Bertz CT molecular complexity index is 474. The maximum absolute atomic E-state index is 5.01. The van der Waals surface area contributed by atoms with Gasteiger partial charge in [0.1, 0.15) is 0 Å². The first kappa shape index (κ1) is 14.5. The number of nitrogens with zero attached hydrogens (tertiary/aromatic N) is 1. The number of rotatable bonds is 8. The molecule has 0 aliphatic carbocycles. The molecular formula is C14H18N2OS2. The van der Waals surface area contributed by atoms with Crippen molar-refractivity contribution < 1.29 is 4.74 Å². The van der Waals surface area contributed by atoms with Crippen molar-refractivity contribution in [3.05, 3.63) is 46.4 Å². The van der Waals surface area contributed by atoms with Crippen LogP contribution >= 0.6 is 23.1 Å². The van der Waals surface area contributed by atoms with E-state index < -0.39 is 0 Å². The number of aromatic nitrogens is 1. The number of hydrogen-bond acceptors (Lipinski definition) is 5. The molecule has 102 valence electrons. The van der Waals surface area contributed by atoms with Crippen molar-refractivity contribution in [1.82, 2.24) is 10.3 Å². The summed E-state index contributed by atoms with van der Waals surface area (Å²) >= 11 is 3.48. The number of thiazole rings is 1. The van der Waals surface area contributed by atoms with Crippen LogP contribution < -0.4 is 5.32 Å². The van der Waals surface area contributed by atoms with E-state index in [1.165, 1.54) is 10.5 Å². The van der Waals surface area contributed by atoms with Gasteiger partial charge in [0.15, 0.2) is 0 Å². The molecule has 2 aromatic rings. The van der Waals surface area contributed by atoms with Crippen LogP contribution in [0.5, 0.6) is 0 Å². The Balaban J connectivity index is 1.81. The van der Waals surface area contributed by atoms with Crippen LogP contribution in [-0.4, -0.2) is 25.2 Å². The van der Waals surface area contributed by atoms with Crippen LogP contribution in [0.2, 0.25) is 0 Å².